The number of rotatable bonds is 5. The Morgan fingerprint density at radius 1 is 1.46 bits per heavy atom. The first-order chi connectivity index (χ1) is 12.6. The highest BCUT2D eigenvalue weighted by Gasteiger charge is 2.23. The molecule has 0 aliphatic carbocycles. The number of nitrogens with zero attached hydrogens (tertiary/aromatic N) is 1. The number of nitrogens with one attached hydrogen (secondary N) is 2. The van der Waals surface area contributed by atoms with Crippen LogP contribution in [-0.2, 0) is 6.61 Å². The summed E-state index contributed by atoms with van der Waals surface area (Å²) in [6.45, 7) is 6.00. The van der Waals surface area contributed by atoms with E-state index in [1.165, 1.54) is 0 Å². The van der Waals surface area contributed by atoms with Gasteiger partial charge in [0, 0.05) is 18.0 Å². The van der Waals surface area contributed by atoms with E-state index in [4.69, 9.17) is 9.15 Å². The van der Waals surface area contributed by atoms with E-state index in [9.17, 15) is 4.79 Å². The predicted molar refractivity (Wildman–Crippen MR) is 101 cm³/mol. The first-order valence-corrected chi connectivity index (χ1v) is 9.56. The average molecular weight is 371 g/mol. The number of hydrogen-bond acceptors (Lipinski definition) is 6. The summed E-state index contributed by atoms with van der Waals surface area (Å²) in [6, 6.07) is 5.76. The zero-order valence-electron chi connectivity index (χ0n) is 14.8. The normalized spacial score (nSPS) is 16.9. The maximum absolute atomic E-state index is 12.8. The molecule has 2 N–H and O–H groups in total. The van der Waals surface area contributed by atoms with E-state index in [0.717, 1.165) is 35.5 Å². The van der Waals surface area contributed by atoms with Crippen LogP contribution in [0, 0.1) is 13.8 Å². The third kappa shape index (κ3) is 3.32. The molecule has 26 heavy (non-hydrogen) atoms. The molecule has 1 atom stereocenters. The first kappa shape index (κ1) is 17.1. The summed E-state index contributed by atoms with van der Waals surface area (Å²) >= 11 is 1.58. The van der Waals surface area contributed by atoms with Gasteiger partial charge in [-0.05, 0) is 45.0 Å². The lowest BCUT2D eigenvalue weighted by atomic mass is 10.1. The molecule has 0 bridgehead atoms. The molecule has 4 rings (SSSR count). The molecule has 136 valence electrons. The number of fused-ring (bicyclic) bond motifs is 1. The van der Waals surface area contributed by atoms with Gasteiger partial charge in [-0.3, -0.25) is 4.79 Å². The van der Waals surface area contributed by atoms with Gasteiger partial charge in [0.05, 0.1) is 21.6 Å². The molecule has 0 radical (unpaired) electrons. The van der Waals surface area contributed by atoms with Crippen molar-refractivity contribution in [1.82, 2.24) is 15.6 Å². The first-order valence-electron chi connectivity index (χ1n) is 8.68. The lowest BCUT2D eigenvalue weighted by Crippen LogP contribution is -2.36. The van der Waals surface area contributed by atoms with E-state index >= 15 is 0 Å². The van der Waals surface area contributed by atoms with E-state index in [-0.39, 0.29) is 11.9 Å². The number of carbonyl (C=O) groups is 1. The molecule has 0 saturated carbocycles. The summed E-state index contributed by atoms with van der Waals surface area (Å²) in [6.07, 6.45) is 0.948. The Morgan fingerprint density at radius 2 is 2.35 bits per heavy atom. The number of thiazole rings is 1. The number of hydrogen-bond donors (Lipinski definition) is 2. The van der Waals surface area contributed by atoms with Crippen LogP contribution in [0.1, 0.15) is 33.1 Å². The minimum absolute atomic E-state index is 0.0922. The Balaban J connectivity index is 1.57. The van der Waals surface area contributed by atoms with Crippen LogP contribution in [0.3, 0.4) is 0 Å². The minimum atomic E-state index is -0.0922. The van der Waals surface area contributed by atoms with Crippen LogP contribution in [0.4, 0.5) is 0 Å². The lowest BCUT2D eigenvalue weighted by Gasteiger charge is -2.11. The highest BCUT2D eigenvalue weighted by molar-refractivity contribution is 7.09. The summed E-state index contributed by atoms with van der Waals surface area (Å²) in [5.41, 5.74) is 4.09. The molecule has 1 aromatic carbocycles. The fourth-order valence-electron chi connectivity index (χ4n) is 3.22. The number of benzene rings is 1. The molecule has 2 aromatic heterocycles. The molecule has 0 spiro atoms. The van der Waals surface area contributed by atoms with Crippen LogP contribution in [0.2, 0.25) is 0 Å². The quantitative estimate of drug-likeness (QED) is 0.720. The van der Waals surface area contributed by atoms with Crippen LogP contribution in [0.5, 0.6) is 5.75 Å². The molecule has 3 heterocycles. The number of aromatic nitrogens is 1. The van der Waals surface area contributed by atoms with Crippen molar-refractivity contribution in [3.05, 3.63) is 45.6 Å². The van der Waals surface area contributed by atoms with Crippen LogP contribution in [0.25, 0.3) is 11.0 Å². The van der Waals surface area contributed by atoms with Gasteiger partial charge in [0.25, 0.3) is 5.91 Å². The van der Waals surface area contributed by atoms with Crippen LogP contribution in [-0.4, -0.2) is 30.0 Å². The Labute approximate surface area is 155 Å². The van der Waals surface area contributed by atoms with Gasteiger partial charge >= 0.3 is 0 Å². The lowest BCUT2D eigenvalue weighted by molar-refractivity contribution is 0.0940. The maximum Gasteiger partial charge on any atom is 0.255 e. The van der Waals surface area contributed by atoms with E-state index in [2.05, 4.69) is 15.6 Å². The van der Waals surface area contributed by atoms with E-state index < -0.39 is 0 Å². The SMILES string of the molecule is Cc1ncsc1COc1ccc2oc(C)c(C(=O)N[C@H]3CCNC3)c2c1. The van der Waals surface area contributed by atoms with Crippen molar-refractivity contribution in [2.24, 2.45) is 0 Å². The van der Waals surface area contributed by atoms with Crippen molar-refractivity contribution in [1.29, 1.82) is 0 Å². The van der Waals surface area contributed by atoms with Gasteiger partial charge in [0.1, 0.15) is 23.7 Å². The molecule has 6 nitrogen and oxygen atoms in total. The third-order valence-corrected chi connectivity index (χ3v) is 5.58. The second-order valence-corrected chi connectivity index (χ2v) is 7.44. The molecule has 0 unspecified atom stereocenters. The van der Waals surface area contributed by atoms with Gasteiger partial charge < -0.3 is 19.8 Å². The molecule has 3 aromatic rings. The zero-order valence-corrected chi connectivity index (χ0v) is 15.6. The summed E-state index contributed by atoms with van der Waals surface area (Å²) in [5.74, 6) is 1.24. The number of ether oxygens (including phenoxy) is 1. The monoisotopic (exact) mass is 371 g/mol. The Morgan fingerprint density at radius 3 is 3.08 bits per heavy atom. The van der Waals surface area contributed by atoms with Crippen LogP contribution < -0.4 is 15.4 Å². The molecule has 1 aliphatic rings. The Hall–Kier alpha value is -2.38. The second kappa shape index (κ2) is 7.09. The highest BCUT2D eigenvalue weighted by Crippen LogP contribution is 2.30. The van der Waals surface area contributed by atoms with Crippen molar-refractivity contribution >= 4 is 28.2 Å². The average Bonchev–Trinajstić information content (AvgIpc) is 3.32. The smallest absolute Gasteiger partial charge is 0.255 e. The third-order valence-electron chi connectivity index (χ3n) is 4.67. The van der Waals surface area contributed by atoms with E-state index in [0.29, 0.717) is 29.3 Å². The molecule has 1 fully saturated rings. The molecule has 1 aliphatic heterocycles. The number of furan rings is 1. The fourth-order valence-corrected chi connectivity index (χ4v) is 3.91. The molecule has 1 amide bonds. The van der Waals surface area contributed by atoms with Gasteiger partial charge in [0.2, 0.25) is 0 Å². The standard InChI is InChI=1S/C19H21N3O3S/c1-11-17(26-10-21-11)9-24-14-3-4-16-15(7-14)18(12(2)25-16)19(23)22-13-5-6-20-8-13/h3-4,7,10,13,20H,5-6,8-9H2,1-2H3,(H,22,23)/t13-/m0/s1. The van der Waals surface area contributed by atoms with Gasteiger partial charge in [-0.15, -0.1) is 11.3 Å². The molecular weight excluding hydrogens is 350 g/mol. The van der Waals surface area contributed by atoms with E-state index in [1.807, 2.05) is 37.6 Å². The van der Waals surface area contributed by atoms with Crippen LogP contribution in [0.15, 0.2) is 28.1 Å². The highest BCUT2D eigenvalue weighted by atomic mass is 32.1. The number of amides is 1. The van der Waals surface area contributed by atoms with Crippen molar-refractivity contribution in [2.45, 2.75) is 32.9 Å². The van der Waals surface area contributed by atoms with E-state index in [1.54, 1.807) is 11.3 Å². The molecule has 1 saturated heterocycles. The fraction of sp³-hybridized carbons (Fsp3) is 0.368. The molecular formula is C19H21N3O3S. The van der Waals surface area contributed by atoms with Gasteiger partial charge in [-0.25, -0.2) is 4.98 Å². The predicted octanol–water partition coefficient (Wildman–Crippen LogP) is 3.18. The second-order valence-electron chi connectivity index (χ2n) is 6.50. The summed E-state index contributed by atoms with van der Waals surface area (Å²) in [4.78, 5) is 18.1. The summed E-state index contributed by atoms with van der Waals surface area (Å²) in [7, 11) is 0. The summed E-state index contributed by atoms with van der Waals surface area (Å²) in [5, 5.41) is 7.12. The Kier molecular flexibility index (Phi) is 4.65. The Bertz CT molecular complexity index is 941. The van der Waals surface area contributed by atoms with Gasteiger partial charge in [0.15, 0.2) is 0 Å². The summed E-state index contributed by atoms with van der Waals surface area (Å²) < 4.78 is 11.7. The zero-order chi connectivity index (χ0) is 18.1. The number of carbonyl (C=O) groups excluding carboxylic acids is 1. The van der Waals surface area contributed by atoms with Crippen molar-refractivity contribution in [3.63, 3.8) is 0 Å². The van der Waals surface area contributed by atoms with Crippen molar-refractivity contribution in [3.8, 4) is 5.75 Å². The molecule has 7 heteroatoms. The largest absolute Gasteiger partial charge is 0.488 e. The van der Waals surface area contributed by atoms with Crippen molar-refractivity contribution in [2.75, 3.05) is 13.1 Å². The number of aryl methyl sites for hydroxylation is 2. The van der Waals surface area contributed by atoms with Gasteiger partial charge in [-0.1, -0.05) is 0 Å². The van der Waals surface area contributed by atoms with Gasteiger partial charge in [-0.2, -0.15) is 0 Å². The topological polar surface area (TPSA) is 76.4 Å². The minimum Gasteiger partial charge on any atom is -0.488 e. The van der Waals surface area contributed by atoms with Crippen molar-refractivity contribution < 1.29 is 13.9 Å². The maximum atomic E-state index is 12.8. The van der Waals surface area contributed by atoms with Crippen LogP contribution >= 0.6 is 11.3 Å².